The van der Waals surface area contributed by atoms with Crippen molar-refractivity contribution in [2.75, 3.05) is 37.8 Å². The Morgan fingerprint density at radius 1 is 1.16 bits per heavy atom. The summed E-state index contributed by atoms with van der Waals surface area (Å²) in [7, 11) is 2.06. The fraction of sp³-hybridized carbons (Fsp3) is 0.391. The van der Waals surface area contributed by atoms with Crippen molar-refractivity contribution in [3.05, 3.63) is 53.9 Å². The number of nitrogens with zero attached hydrogens (tertiary/aromatic N) is 3. The van der Waals surface area contributed by atoms with Gasteiger partial charge < -0.3 is 20.7 Å². The summed E-state index contributed by atoms with van der Waals surface area (Å²) in [6.45, 7) is 2.50. The molecular weight excluding hydrogens is 419 g/mol. The SMILES string of the molecule is CN1CCC(COc2cc(CNc3ccc4c(N)nccc4c3)cc(C(F)(F)F)n2)CC1. The first-order chi connectivity index (χ1) is 15.3. The van der Waals surface area contributed by atoms with Crippen LogP contribution in [0.2, 0.25) is 0 Å². The highest BCUT2D eigenvalue weighted by atomic mass is 19.4. The third-order valence-corrected chi connectivity index (χ3v) is 5.75. The molecule has 0 unspecified atom stereocenters. The number of alkyl halides is 3. The first kappa shape index (κ1) is 22.1. The summed E-state index contributed by atoms with van der Waals surface area (Å²) >= 11 is 0. The molecule has 3 heterocycles. The lowest BCUT2D eigenvalue weighted by Gasteiger charge is -2.28. The van der Waals surface area contributed by atoms with Crippen molar-refractivity contribution in [1.82, 2.24) is 14.9 Å². The number of nitrogens with two attached hydrogens (primary N) is 1. The Morgan fingerprint density at radius 2 is 1.94 bits per heavy atom. The van der Waals surface area contributed by atoms with Crippen molar-refractivity contribution in [3.8, 4) is 5.88 Å². The van der Waals surface area contributed by atoms with E-state index in [0.29, 0.717) is 23.9 Å². The molecule has 0 aliphatic carbocycles. The van der Waals surface area contributed by atoms with E-state index in [4.69, 9.17) is 10.5 Å². The van der Waals surface area contributed by atoms with Crippen LogP contribution in [0.5, 0.6) is 5.88 Å². The molecule has 32 heavy (non-hydrogen) atoms. The Bertz CT molecular complexity index is 1080. The predicted octanol–water partition coefficient (Wildman–Crippen LogP) is 4.56. The van der Waals surface area contributed by atoms with E-state index >= 15 is 0 Å². The number of hydrogen-bond acceptors (Lipinski definition) is 6. The minimum atomic E-state index is -4.55. The molecule has 0 atom stereocenters. The number of likely N-dealkylation sites (tertiary alicyclic amines) is 1. The number of rotatable bonds is 6. The molecule has 0 spiro atoms. The second kappa shape index (κ2) is 9.20. The lowest BCUT2D eigenvalue weighted by Crippen LogP contribution is -2.32. The maximum absolute atomic E-state index is 13.4. The summed E-state index contributed by atoms with van der Waals surface area (Å²) < 4.78 is 45.9. The fourth-order valence-corrected chi connectivity index (χ4v) is 3.83. The van der Waals surface area contributed by atoms with Gasteiger partial charge in [0.25, 0.3) is 0 Å². The average molecular weight is 445 g/mol. The summed E-state index contributed by atoms with van der Waals surface area (Å²) in [4.78, 5) is 10.00. The number of nitrogens with one attached hydrogen (secondary N) is 1. The summed E-state index contributed by atoms with van der Waals surface area (Å²) in [5, 5.41) is 4.89. The number of pyridine rings is 2. The van der Waals surface area contributed by atoms with Gasteiger partial charge in [-0.3, -0.25) is 0 Å². The minimum absolute atomic E-state index is 0.00733. The van der Waals surface area contributed by atoms with Crippen molar-refractivity contribution in [3.63, 3.8) is 0 Å². The second-order valence-corrected chi connectivity index (χ2v) is 8.24. The second-order valence-electron chi connectivity index (χ2n) is 8.24. The predicted molar refractivity (Wildman–Crippen MR) is 118 cm³/mol. The van der Waals surface area contributed by atoms with Gasteiger partial charge in [0.15, 0.2) is 0 Å². The third-order valence-electron chi connectivity index (χ3n) is 5.75. The normalized spacial score (nSPS) is 15.8. The van der Waals surface area contributed by atoms with Crippen LogP contribution in [0.25, 0.3) is 10.8 Å². The van der Waals surface area contributed by atoms with Crippen molar-refractivity contribution in [2.45, 2.75) is 25.6 Å². The molecule has 9 heteroatoms. The van der Waals surface area contributed by atoms with E-state index in [1.54, 1.807) is 12.3 Å². The molecular formula is C23H26F3N5O. The van der Waals surface area contributed by atoms with Gasteiger partial charge in [-0.05, 0) is 80.2 Å². The van der Waals surface area contributed by atoms with E-state index in [-0.39, 0.29) is 12.4 Å². The number of piperidine rings is 1. The number of benzene rings is 1. The maximum atomic E-state index is 13.4. The highest BCUT2D eigenvalue weighted by Crippen LogP contribution is 2.31. The van der Waals surface area contributed by atoms with Crippen molar-refractivity contribution < 1.29 is 17.9 Å². The van der Waals surface area contributed by atoms with Crippen molar-refractivity contribution in [1.29, 1.82) is 0 Å². The lowest BCUT2D eigenvalue weighted by atomic mass is 9.98. The maximum Gasteiger partial charge on any atom is 0.433 e. The van der Waals surface area contributed by atoms with Gasteiger partial charge in [0.05, 0.1) is 6.61 Å². The third kappa shape index (κ3) is 5.40. The van der Waals surface area contributed by atoms with Gasteiger partial charge in [-0.15, -0.1) is 0 Å². The molecule has 6 nitrogen and oxygen atoms in total. The number of nitrogen functional groups attached to an aromatic ring is 1. The summed E-state index contributed by atoms with van der Waals surface area (Å²) in [5.41, 5.74) is 6.13. The Kier molecular flexibility index (Phi) is 6.36. The molecule has 0 bridgehead atoms. The Balaban J connectivity index is 1.48. The van der Waals surface area contributed by atoms with E-state index in [1.807, 2.05) is 24.3 Å². The number of halogens is 3. The number of aromatic nitrogens is 2. The van der Waals surface area contributed by atoms with Crippen LogP contribution in [0.4, 0.5) is 24.7 Å². The molecule has 2 aromatic heterocycles. The van der Waals surface area contributed by atoms with Gasteiger partial charge in [0.1, 0.15) is 11.5 Å². The molecule has 1 fully saturated rings. The highest BCUT2D eigenvalue weighted by molar-refractivity contribution is 5.92. The monoisotopic (exact) mass is 445 g/mol. The summed E-state index contributed by atoms with van der Waals surface area (Å²) in [6.07, 6.45) is -0.999. The van der Waals surface area contributed by atoms with Crippen molar-refractivity contribution in [2.24, 2.45) is 5.92 Å². The molecule has 1 saturated heterocycles. The smallest absolute Gasteiger partial charge is 0.433 e. The van der Waals surface area contributed by atoms with Crippen LogP contribution in [-0.2, 0) is 12.7 Å². The number of hydrogen-bond donors (Lipinski definition) is 2. The van der Waals surface area contributed by atoms with E-state index in [9.17, 15) is 13.2 Å². The van der Waals surface area contributed by atoms with E-state index in [1.165, 1.54) is 0 Å². The molecule has 0 amide bonds. The zero-order chi connectivity index (χ0) is 22.7. The molecule has 1 aliphatic heterocycles. The van der Waals surface area contributed by atoms with Crippen LogP contribution in [0, 0.1) is 5.92 Å². The summed E-state index contributed by atoms with van der Waals surface area (Å²) in [6, 6.07) is 10.0. The van der Waals surface area contributed by atoms with Gasteiger partial charge >= 0.3 is 6.18 Å². The zero-order valence-corrected chi connectivity index (χ0v) is 17.8. The van der Waals surface area contributed by atoms with Gasteiger partial charge in [0.2, 0.25) is 5.88 Å². The van der Waals surface area contributed by atoms with Crippen LogP contribution in [0.3, 0.4) is 0 Å². The minimum Gasteiger partial charge on any atom is -0.477 e. The van der Waals surface area contributed by atoms with Crippen LogP contribution >= 0.6 is 0 Å². The molecule has 3 N–H and O–H groups in total. The summed E-state index contributed by atoms with van der Waals surface area (Å²) in [5.74, 6) is 0.765. The molecule has 4 rings (SSSR count). The first-order valence-electron chi connectivity index (χ1n) is 10.6. The standard InChI is InChI=1S/C23H26F3N5O/c1-31-8-5-15(6-9-31)14-32-21-11-16(10-20(30-21)23(24,25)26)13-29-18-2-3-19-17(12-18)4-7-28-22(19)27/h2-4,7,10-12,15,29H,5-6,8-9,13-14H2,1H3,(H2,27,28). The molecule has 0 radical (unpaired) electrons. The van der Waals surface area contributed by atoms with Crippen LogP contribution in [-0.4, -0.2) is 41.6 Å². The van der Waals surface area contributed by atoms with Gasteiger partial charge in [-0.25, -0.2) is 9.97 Å². The number of anilines is 2. The van der Waals surface area contributed by atoms with E-state index in [2.05, 4.69) is 27.2 Å². The number of ether oxygens (including phenoxy) is 1. The first-order valence-corrected chi connectivity index (χ1v) is 10.6. The van der Waals surface area contributed by atoms with Gasteiger partial charge in [-0.2, -0.15) is 13.2 Å². The van der Waals surface area contributed by atoms with Crippen molar-refractivity contribution >= 4 is 22.3 Å². The molecule has 1 aromatic carbocycles. The van der Waals surface area contributed by atoms with Gasteiger partial charge in [0, 0.05) is 29.9 Å². The Morgan fingerprint density at radius 3 is 2.69 bits per heavy atom. The van der Waals surface area contributed by atoms with E-state index in [0.717, 1.165) is 48.5 Å². The topological polar surface area (TPSA) is 76.3 Å². The van der Waals surface area contributed by atoms with Crippen LogP contribution < -0.4 is 15.8 Å². The molecule has 0 saturated carbocycles. The Labute approximate surface area is 184 Å². The van der Waals surface area contributed by atoms with Crippen LogP contribution in [0.15, 0.2) is 42.6 Å². The lowest BCUT2D eigenvalue weighted by molar-refractivity contribution is -0.141. The quantitative estimate of drug-likeness (QED) is 0.579. The number of fused-ring (bicyclic) bond motifs is 1. The average Bonchev–Trinajstić information content (AvgIpc) is 2.77. The Hall–Kier alpha value is -3.07. The van der Waals surface area contributed by atoms with Crippen LogP contribution in [0.1, 0.15) is 24.1 Å². The van der Waals surface area contributed by atoms with Gasteiger partial charge in [-0.1, -0.05) is 0 Å². The fourth-order valence-electron chi connectivity index (χ4n) is 3.83. The zero-order valence-electron chi connectivity index (χ0n) is 17.8. The molecule has 1 aliphatic rings. The highest BCUT2D eigenvalue weighted by Gasteiger charge is 2.33. The molecule has 3 aromatic rings. The largest absolute Gasteiger partial charge is 0.477 e. The molecule has 170 valence electrons. The van der Waals surface area contributed by atoms with E-state index < -0.39 is 11.9 Å².